The quantitative estimate of drug-likeness (QED) is 0.802. The highest BCUT2D eigenvalue weighted by atomic mass is 16.7. The van der Waals surface area contributed by atoms with E-state index < -0.39 is 23.7 Å². The molecule has 7 nitrogen and oxygen atoms in total. The van der Waals surface area contributed by atoms with E-state index in [1.54, 1.807) is 6.92 Å². The number of carbonyl (C=O) groups is 2. The van der Waals surface area contributed by atoms with E-state index in [0.717, 1.165) is 18.5 Å². The molecule has 0 aromatic heterocycles. The van der Waals surface area contributed by atoms with Crippen LogP contribution in [0.5, 0.6) is 0 Å². The van der Waals surface area contributed by atoms with Crippen LogP contribution in [0.3, 0.4) is 0 Å². The average Bonchev–Trinajstić information content (AvgIpc) is 3.27. The molecule has 0 radical (unpaired) electrons. The van der Waals surface area contributed by atoms with Crippen LogP contribution < -0.4 is 5.32 Å². The minimum Gasteiger partial charge on any atom is -0.468 e. The summed E-state index contributed by atoms with van der Waals surface area (Å²) >= 11 is 0. The number of carbonyl (C=O) groups excluding carboxylic acids is 2. The van der Waals surface area contributed by atoms with Crippen LogP contribution in [0.25, 0.3) is 0 Å². The van der Waals surface area contributed by atoms with Crippen molar-refractivity contribution >= 4 is 11.9 Å². The van der Waals surface area contributed by atoms with Crippen LogP contribution in [0, 0.1) is 5.92 Å². The first-order valence-corrected chi connectivity index (χ1v) is 8.55. The van der Waals surface area contributed by atoms with Gasteiger partial charge in [-0.1, -0.05) is 30.3 Å². The van der Waals surface area contributed by atoms with Crippen LogP contribution in [-0.4, -0.2) is 49.0 Å². The molecule has 1 spiro atoms. The lowest BCUT2D eigenvalue weighted by molar-refractivity contribution is -0.226. The first kappa shape index (κ1) is 17.8. The number of hydroxylamine groups is 2. The molecule has 2 fully saturated rings. The maximum absolute atomic E-state index is 12.7. The molecule has 2 heterocycles. The smallest absolute Gasteiger partial charge is 0.325 e. The van der Waals surface area contributed by atoms with Gasteiger partial charge < -0.3 is 9.47 Å². The Morgan fingerprint density at radius 3 is 2.80 bits per heavy atom. The molecule has 0 saturated carbocycles. The van der Waals surface area contributed by atoms with Crippen LogP contribution in [0.4, 0.5) is 0 Å². The molecular weight excluding hydrogens is 324 g/mol. The molecule has 2 aliphatic heterocycles. The van der Waals surface area contributed by atoms with Crippen molar-refractivity contribution in [3.63, 3.8) is 0 Å². The molecule has 3 rings (SSSR count). The van der Waals surface area contributed by atoms with E-state index in [2.05, 4.69) is 5.32 Å². The number of hydrogen-bond donors (Lipinski definition) is 1. The summed E-state index contributed by atoms with van der Waals surface area (Å²) < 4.78 is 10.3. The molecule has 0 aliphatic carbocycles. The first-order chi connectivity index (χ1) is 12.1. The van der Waals surface area contributed by atoms with E-state index in [1.165, 1.54) is 12.2 Å². The molecule has 7 heteroatoms. The first-order valence-electron chi connectivity index (χ1n) is 8.55. The maximum atomic E-state index is 12.7. The monoisotopic (exact) mass is 348 g/mol. The Morgan fingerprint density at radius 1 is 1.40 bits per heavy atom. The van der Waals surface area contributed by atoms with Crippen molar-refractivity contribution in [2.24, 2.45) is 5.92 Å². The number of rotatable bonds is 5. The number of esters is 2. The number of benzene rings is 1. The summed E-state index contributed by atoms with van der Waals surface area (Å²) in [4.78, 5) is 30.5. The molecule has 0 bridgehead atoms. The molecule has 3 atom stereocenters. The van der Waals surface area contributed by atoms with E-state index in [-0.39, 0.29) is 19.1 Å². The van der Waals surface area contributed by atoms with Gasteiger partial charge in [0.15, 0.2) is 5.72 Å². The summed E-state index contributed by atoms with van der Waals surface area (Å²) in [7, 11) is 1.34. The summed E-state index contributed by atoms with van der Waals surface area (Å²) in [5, 5.41) is 4.81. The molecule has 2 aliphatic rings. The third-order valence-corrected chi connectivity index (χ3v) is 4.84. The number of methoxy groups -OCH3 is 1. The van der Waals surface area contributed by atoms with Gasteiger partial charge in [0.05, 0.1) is 7.11 Å². The van der Waals surface area contributed by atoms with Gasteiger partial charge in [0.1, 0.15) is 18.6 Å². The van der Waals surface area contributed by atoms with Crippen molar-refractivity contribution in [1.29, 1.82) is 0 Å². The zero-order valence-corrected chi connectivity index (χ0v) is 14.6. The largest absolute Gasteiger partial charge is 0.468 e. The SMILES string of the molecule is COC(=O)C(C)N1CC(C(=O)OCc2ccccc2)[C@]2(CCCN2)O1. The Hall–Kier alpha value is -1.96. The summed E-state index contributed by atoms with van der Waals surface area (Å²) in [5.41, 5.74) is 0.138. The number of hydrogen-bond acceptors (Lipinski definition) is 7. The standard InChI is InChI=1S/C18H24N2O5/c1-13(16(21)23-2)20-11-15(18(25-20)9-6-10-19-18)17(22)24-12-14-7-4-3-5-8-14/h3-5,7-8,13,15,19H,6,9-12H2,1-2H3/t13?,15?,18-/m0/s1. The molecule has 0 amide bonds. The van der Waals surface area contributed by atoms with Crippen LogP contribution in [0.1, 0.15) is 25.3 Å². The molecule has 136 valence electrons. The minimum atomic E-state index is -0.796. The molecule has 25 heavy (non-hydrogen) atoms. The molecule has 1 aromatic carbocycles. The van der Waals surface area contributed by atoms with Gasteiger partial charge in [-0.25, -0.2) is 0 Å². The van der Waals surface area contributed by atoms with Gasteiger partial charge in [0.2, 0.25) is 0 Å². The number of nitrogens with zero attached hydrogens (tertiary/aromatic N) is 1. The second kappa shape index (κ2) is 7.51. The third-order valence-electron chi connectivity index (χ3n) is 4.84. The summed E-state index contributed by atoms with van der Waals surface area (Å²) in [5.74, 6) is -1.21. The van der Waals surface area contributed by atoms with Crippen LogP contribution >= 0.6 is 0 Å². The highest BCUT2D eigenvalue weighted by Crippen LogP contribution is 2.38. The molecule has 1 aromatic rings. The van der Waals surface area contributed by atoms with Gasteiger partial charge >= 0.3 is 11.9 Å². The molecular formula is C18H24N2O5. The van der Waals surface area contributed by atoms with Gasteiger partial charge in [-0.2, -0.15) is 5.06 Å². The Kier molecular flexibility index (Phi) is 5.36. The zero-order valence-electron chi connectivity index (χ0n) is 14.6. The maximum Gasteiger partial charge on any atom is 0.325 e. The number of nitrogens with one attached hydrogen (secondary N) is 1. The second-order valence-corrected chi connectivity index (χ2v) is 6.46. The van der Waals surface area contributed by atoms with Gasteiger partial charge in [-0.3, -0.25) is 19.7 Å². The van der Waals surface area contributed by atoms with Crippen LogP contribution in [-0.2, 0) is 30.5 Å². The Balaban J connectivity index is 1.69. The Bertz CT molecular complexity index is 615. The predicted octanol–water partition coefficient (Wildman–Crippen LogP) is 1.23. The average molecular weight is 348 g/mol. The van der Waals surface area contributed by atoms with Crippen molar-refractivity contribution in [3.8, 4) is 0 Å². The van der Waals surface area contributed by atoms with Crippen LogP contribution in [0.15, 0.2) is 30.3 Å². The molecule has 2 unspecified atom stereocenters. The van der Waals surface area contributed by atoms with E-state index in [1.807, 2.05) is 30.3 Å². The fourth-order valence-corrected chi connectivity index (χ4v) is 3.37. The predicted molar refractivity (Wildman–Crippen MR) is 89.0 cm³/mol. The Labute approximate surface area is 147 Å². The number of ether oxygens (including phenoxy) is 2. The fraction of sp³-hybridized carbons (Fsp3) is 0.556. The van der Waals surface area contributed by atoms with Crippen molar-refractivity contribution < 1.29 is 23.9 Å². The van der Waals surface area contributed by atoms with Gasteiger partial charge in [0.25, 0.3) is 0 Å². The summed E-state index contributed by atoms with van der Waals surface area (Å²) in [6.07, 6.45) is 1.60. The van der Waals surface area contributed by atoms with E-state index in [0.29, 0.717) is 6.42 Å². The molecule has 2 saturated heterocycles. The normalized spacial score (nSPS) is 27.4. The van der Waals surface area contributed by atoms with Crippen molar-refractivity contribution in [1.82, 2.24) is 10.4 Å². The van der Waals surface area contributed by atoms with Gasteiger partial charge in [-0.05, 0) is 31.9 Å². The van der Waals surface area contributed by atoms with Crippen molar-refractivity contribution in [2.45, 2.75) is 38.1 Å². The highest BCUT2D eigenvalue weighted by Gasteiger charge is 2.55. The lowest BCUT2D eigenvalue weighted by Gasteiger charge is -2.29. The van der Waals surface area contributed by atoms with Gasteiger partial charge in [0, 0.05) is 6.54 Å². The van der Waals surface area contributed by atoms with E-state index in [4.69, 9.17) is 14.3 Å². The van der Waals surface area contributed by atoms with E-state index in [9.17, 15) is 9.59 Å². The minimum absolute atomic E-state index is 0.221. The summed E-state index contributed by atoms with van der Waals surface area (Å²) in [6.45, 7) is 2.98. The topological polar surface area (TPSA) is 77.1 Å². The van der Waals surface area contributed by atoms with Crippen LogP contribution in [0.2, 0.25) is 0 Å². The Morgan fingerprint density at radius 2 is 2.16 bits per heavy atom. The zero-order chi connectivity index (χ0) is 17.9. The van der Waals surface area contributed by atoms with E-state index >= 15 is 0 Å². The van der Waals surface area contributed by atoms with Crippen molar-refractivity contribution in [2.75, 3.05) is 20.2 Å². The van der Waals surface area contributed by atoms with Gasteiger partial charge in [-0.15, -0.1) is 0 Å². The second-order valence-electron chi connectivity index (χ2n) is 6.46. The molecule has 1 N–H and O–H groups in total. The summed E-state index contributed by atoms with van der Waals surface area (Å²) in [6, 6.07) is 8.96. The fourth-order valence-electron chi connectivity index (χ4n) is 3.37. The third kappa shape index (κ3) is 3.68. The highest BCUT2D eigenvalue weighted by molar-refractivity contribution is 5.76. The van der Waals surface area contributed by atoms with Crippen molar-refractivity contribution in [3.05, 3.63) is 35.9 Å². The lowest BCUT2D eigenvalue weighted by Crippen LogP contribution is -2.49. The lowest BCUT2D eigenvalue weighted by atomic mass is 9.95.